The first kappa shape index (κ1) is 9.06. The van der Waals surface area contributed by atoms with Gasteiger partial charge < -0.3 is 10.4 Å². The lowest BCUT2D eigenvalue weighted by molar-refractivity contribution is 0.251. The lowest BCUT2D eigenvalue weighted by Crippen LogP contribution is -2.15. The molecule has 70 valence electrons. The molecule has 1 aromatic rings. The quantitative estimate of drug-likeness (QED) is 0.702. The normalized spacial score (nSPS) is 20.3. The summed E-state index contributed by atoms with van der Waals surface area (Å²) in [5.74, 6) is 0. The fourth-order valence-corrected chi connectivity index (χ4v) is 2.17. The monoisotopic (exact) mass is 195 g/mol. The fraction of sp³-hybridized carbons (Fsp3) is 0.400. The van der Waals surface area contributed by atoms with Crippen molar-refractivity contribution in [2.24, 2.45) is 0 Å². The molecule has 1 unspecified atom stereocenters. The van der Waals surface area contributed by atoms with E-state index in [1.807, 2.05) is 0 Å². The van der Waals surface area contributed by atoms with E-state index in [0.29, 0.717) is 0 Å². The van der Waals surface area contributed by atoms with Crippen molar-refractivity contribution in [2.75, 3.05) is 12.9 Å². The Labute approximate surface area is 82.4 Å². The Bertz CT molecular complexity index is 314. The van der Waals surface area contributed by atoms with E-state index in [0.717, 1.165) is 6.54 Å². The molecule has 0 saturated heterocycles. The maximum absolute atomic E-state index is 9.07. The van der Waals surface area contributed by atoms with Gasteiger partial charge in [-0.25, -0.2) is 0 Å². The van der Waals surface area contributed by atoms with Crippen LogP contribution in [-0.2, 0) is 6.54 Å². The van der Waals surface area contributed by atoms with Crippen molar-refractivity contribution in [3.05, 3.63) is 29.3 Å². The van der Waals surface area contributed by atoms with E-state index < -0.39 is 0 Å². The molecule has 1 aromatic carbocycles. The van der Waals surface area contributed by atoms with E-state index in [4.69, 9.17) is 5.11 Å². The number of hydrogen-bond donors (Lipinski definition) is 2. The van der Waals surface area contributed by atoms with Gasteiger partial charge in [0.05, 0.1) is 12.6 Å². The van der Waals surface area contributed by atoms with Gasteiger partial charge in [-0.1, -0.05) is 6.07 Å². The van der Waals surface area contributed by atoms with E-state index in [9.17, 15) is 0 Å². The average molecular weight is 195 g/mol. The highest BCUT2D eigenvalue weighted by Crippen LogP contribution is 2.28. The SMILES string of the molecule is CSc1ccc2c(c1)CNC2CO. The molecule has 0 aromatic heterocycles. The lowest BCUT2D eigenvalue weighted by Gasteiger charge is -2.07. The van der Waals surface area contributed by atoms with Crippen molar-refractivity contribution in [2.45, 2.75) is 17.5 Å². The summed E-state index contributed by atoms with van der Waals surface area (Å²) < 4.78 is 0. The van der Waals surface area contributed by atoms with Gasteiger partial charge in [0, 0.05) is 11.4 Å². The van der Waals surface area contributed by atoms with Gasteiger partial charge in [-0.05, 0) is 29.5 Å². The Kier molecular flexibility index (Phi) is 2.58. The molecule has 0 aliphatic carbocycles. The standard InChI is InChI=1S/C10H13NOS/c1-13-8-2-3-9-7(4-8)5-11-10(9)6-12/h2-4,10-12H,5-6H2,1H3. The Morgan fingerprint density at radius 2 is 2.46 bits per heavy atom. The van der Waals surface area contributed by atoms with Crippen LogP contribution in [0.15, 0.2) is 23.1 Å². The van der Waals surface area contributed by atoms with E-state index in [-0.39, 0.29) is 12.6 Å². The molecule has 13 heavy (non-hydrogen) atoms. The number of aliphatic hydroxyl groups excluding tert-OH is 1. The van der Waals surface area contributed by atoms with Gasteiger partial charge in [0.1, 0.15) is 0 Å². The number of aliphatic hydroxyl groups is 1. The molecule has 1 aliphatic heterocycles. The molecule has 0 spiro atoms. The van der Waals surface area contributed by atoms with Gasteiger partial charge in [0.2, 0.25) is 0 Å². The summed E-state index contributed by atoms with van der Waals surface area (Å²) in [6, 6.07) is 6.56. The summed E-state index contributed by atoms with van der Waals surface area (Å²) in [5, 5.41) is 12.3. The zero-order valence-corrected chi connectivity index (χ0v) is 8.40. The molecule has 0 amide bonds. The molecule has 0 bridgehead atoms. The molecule has 0 radical (unpaired) electrons. The van der Waals surface area contributed by atoms with Crippen molar-refractivity contribution < 1.29 is 5.11 Å². The van der Waals surface area contributed by atoms with Crippen molar-refractivity contribution in [3.8, 4) is 0 Å². The summed E-state index contributed by atoms with van der Waals surface area (Å²) >= 11 is 1.75. The third kappa shape index (κ3) is 1.59. The van der Waals surface area contributed by atoms with Crippen LogP contribution in [0.2, 0.25) is 0 Å². The van der Waals surface area contributed by atoms with E-state index in [2.05, 4.69) is 29.8 Å². The molecule has 2 nitrogen and oxygen atoms in total. The second-order valence-electron chi connectivity index (χ2n) is 3.18. The molecular formula is C10H13NOS. The van der Waals surface area contributed by atoms with Gasteiger partial charge in [0.15, 0.2) is 0 Å². The molecule has 0 saturated carbocycles. The number of benzene rings is 1. The number of thioether (sulfide) groups is 1. The zero-order valence-electron chi connectivity index (χ0n) is 7.58. The van der Waals surface area contributed by atoms with Crippen molar-refractivity contribution in [1.82, 2.24) is 5.32 Å². The highest BCUT2D eigenvalue weighted by molar-refractivity contribution is 7.98. The molecule has 2 N–H and O–H groups in total. The number of fused-ring (bicyclic) bond motifs is 1. The Hall–Kier alpha value is -0.510. The Morgan fingerprint density at radius 3 is 3.15 bits per heavy atom. The molecular weight excluding hydrogens is 182 g/mol. The van der Waals surface area contributed by atoms with Crippen LogP contribution < -0.4 is 5.32 Å². The second-order valence-corrected chi connectivity index (χ2v) is 4.06. The Morgan fingerprint density at radius 1 is 1.62 bits per heavy atom. The minimum atomic E-state index is 0.144. The van der Waals surface area contributed by atoms with Crippen LogP contribution >= 0.6 is 11.8 Å². The summed E-state index contributed by atoms with van der Waals surface area (Å²) in [7, 11) is 0. The summed E-state index contributed by atoms with van der Waals surface area (Å²) in [5.41, 5.74) is 2.58. The molecule has 0 fully saturated rings. The maximum Gasteiger partial charge on any atom is 0.0626 e. The van der Waals surface area contributed by atoms with E-state index in [1.165, 1.54) is 16.0 Å². The number of rotatable bonds is 2. The zero-order chi connectivity index (χ0) is 9.26. The van der Waals surface area contributed by atoms with Crippen molar-refractivity contribution in [3.63, 3.8) is 0 Å². The van der Waals surface area contributed by atoms with Crippen LogP contribution in [0.3, 0.4) is 0 Å². The van der Waals surface area contributed by atoms with Crippen LogP contribution in [0.4, 0.5) is 0 Å². The topological polar surface area (TPSA) is 32.3 Å². The summed E-state index contributed by atoms with van der Waals surface area (Å²) in [4.78, 5) is 1.29. The molecule has 1 atom stereocenters. The second kappa shape index (κ2) is 3.70. The van der Waals surface area contributed by atoms with Crippen LogP contribution in [-0.4, -0.2) is 18.0 Å². The minimum absolute atomic E-state index is 0.144. The molecule has 1 heterocycles. The van der Waals surface area contributed by atoms with E-state index >= 15 is 0 Å². The third-order valence-electron chi connectivity index (χ3n) is 2.45. The number of hydrogen-bond acceptors (Lipinski definition) is 3. The largest absolute Gasteiger partial charge is 0.394 e. The van der Waals surface area contributed by atoms with E-state index in [1.54, 1.807) is 11.8 Å². The third-order valence-corrected chi connectivity index (χ3v) is 3.17. The van der Waals surface area contributed by atoms with Crippen molar-refractivity contribution >= 4 is 11.8 Å². The molecule has 3 heteroatoms. The molecule has 2 rings (SSSR count). The predicted octanol–water partition coefficient (Wildman–Crippen LogP) is 1.55. The van der Waals surface area contributed by atoms with Gasteiger partial charge in [-0.3, -0.25) is 0 Å². The van der Waals surface area contributed by atoms with Crippen molar-refractivity contribution in [1.29, 1.82) is 0 Å². The highest BCUT2D eigenvalue weighted by atomic mass is 32.2. The fourth-order valence-electron chi connectivity index (χ4n) is 1.71. The van der Waals surface area contributed by atoms with Crippen LogP contribution in [0.5, 0.6) is 0 Å². The summed E-state index contributed by atoms with van der Waals surface area (Å²) in [6.07, 6.45) is 2.08. The first-order valence-electron chi connectivity index (χ1n) is 4.36. The smallest absolute Gasteiger partial charge is 0.0626 e. The lowest BCUT2D eigenvalue weighted by atomic mass is 10.1. The maximum atomic E-state index is 9.07. The van der Waals surface area contributed by atoms with Crippen LogP contribution in [0, 0.1) is 0 Å². The van der Waals surface area contributed by atoms with Gasteiger partial charge >= 0.3 is 0 Å². The highest BCUT2D eigenvalue weighted by Gasteiger charge is 2.20. The average Bonchev–Trinajstić information content (AvgIpc) is 2.59. The van der Waals surface area contributed by atoms with Gasteiger partial charge in [-0.2, -0.15) is 0 Å². The van der Waals surface area contributed by atoms with Gasteiger partial charge in [0.25, 0.3) is 0 Å². The molecule has 1 aliphatic rings. The first-order valence-corrected chi connectivity index (χ1v) is 5.58. The summed E-state index contributed by atoms with van der Waals surface area (Å²) in [6.45, 7) is 1.07. The minimum Gasteiger partial charge on any atom is -0.394 e. The van der Waals surface area contributed by atoms with Gasteiger partial charge in [-0.15, -0.1) is 11.8 Å². The predicted molar refractivity (Wildman–Crippen MR) is 54.9 cm³/mol. The van der Waals surface area contributed by atoms with Crippen LogP contribution in [0.25, 0.3) is 0 Å². The first-order chi connectivity index (χ1) is 6.35. The Balaban J connectivity index is 2.34. The number of nitrogens with one attached hydrogen (secondary N) is 1. The van der Waals surface area contributed by atoms with Crippen LogP contribution in [0.1, 0.15) is 17.2 Å².